The van der Waals surface area contributed by atoms with Gasteiger partial charge in [0, 0.05) is 11.3 Å². The lowest BCUT2D eigenvalue weighted by molar-refractivity contribution is -0.743. The molecule has 2 N–H and O–H groups in total. The van der Waals surface area contributed by atoms with E-state index in [0.29, 0.717) is 16.9 Å². The molecule has 7 nitrogen and oxygen atoms in total. The lowest BCUT2D eigenvalue weighted by Gasteiger charge is -2.03. The molecule has 4 aromatic rings. The summed E-state index contributed by atoms with van der Waals surface area (Å²) >= 11 is 0. The van der Waals surface area contributed by atoms with Gasteiger partial charge in [0.25, 0.3) is 0 Å². The number of Topliss-reactive ketones (excluding diaryl/α,β-unsaturated/α-hetero) is 1. The molecule has 4 rings (SSSR count). The number of hydrogen-bond donors (Lipinski definition) is 2. The number of H-pyrrole nitrogens is 1. The predicted octanol–water partition coefficient (Wildman–Crippen LogP) is 2.59. The zero-order chi connectivity index (χ0) is 20.9. The van der Waals surface area contributed by atoms with E-state index in [9.17, 15) is 14.4 Å². The molecule has 0 fully saturated rings. The van der Waals surface area contributed by atoms with Gasteiger partial charge in [-0.15, -0.1) is 4.68 Å². The smallest absolute Gasteiger partial charge is 0.319 e. The van der Waals surface area contributed by atoms with Crippen LogP contribution in [0.4, 0.5) is 5.69 Å². The van der Waals surface area contributed by atoms with Crippen LogP contribution >= 0.6 is 0 Å². The molecule has 0 aliphatic rings. The van der Waals surface area contributed by atoms with Gasteiger partial charge in [-0.25, -0.2) is 4.79 Å². The first kappa shape index (κ1) is 19.1. The van der Waals surface area contributed by atoms with Crippen LogP contribution in [-0.4, -0.2) is 21.6 Å². The minimum absolute atomic E-state index is 0.160. The molecule has 0 unspecified atom stereocenters. The number of nitrogens with zero attached hydrogens (tertiary/aromatic N) is 2. The molecule has 0 aliphatic heterocycles. The zero-order valence-electron chi connectivity index (χ0n) is 16.0. The number of amides is 1. The lowest BCUT2D eigenvalue weighted by Crippen LogP contribution is -2.47. The summed E-state index contributed by atoms with van der Waals surface area (Å²) in [5, 5.41) is 5.59. The van der Waals surface area contributed by atoms with Gasteiger partial charge in [0.15, 0.2) is 12.2 Å². The maximum atomic E-state index is 13.1. The Bertz CT molecular complexity index is 1230. The van der Waals surface area contributed by atoms with E-state index in [4.69, 9.17) is 0 Å². The minimum atomic E-state index is -0.599. The van der Waals surface area contributed by atoms with Crippen molar-refractivity contribution in [2.24, 2.45) is 0 Å². The summed E-state index contributed by atoms with van der Waals surface area (Å²) in [5.41, 5.74) is 0.896. The Morgan fingerprint density at radius 1 is 0.833 bits per heavy atom. The van der Waals surface area contributed by atoms with E-state index in [2.05, 4.69) is 10.5 Å². The second-order valence-corrected chi connectivity index (χ2v) is 6.62. The Kier molecular flexibility index (Phi) is 5.34. The normalized spacial score (nSPS) is 10.5. The van der Waals surface area contributed by atoms with Crippen molar-refractivity contribution < 1.29 is 14.3 Å². The summed E-state index contributed by atoms with van der Waals surface area (Å²) in [4.78, 5) is 38.7. The van der Waals surface area contributed by atoms with Crippen LogP contribution in [0.25, 0.3) is 5.69 Å². The Morgan fingerprint density at radius 3 is 2.03 bits per heavy atom. The van der Waals surface area contributed by atoms with Crippen molar-refractivity contribution in [1.29, 1.82) is 0 Å². The molecule has 0 aliphatic carbocycles. The Hall–Kier alpha value is -4.26. The first-order chi connectivity index (χ1) is 14.6. The van der Waals surface area contributed by atoms with E-state index in [-0.39, 0.29) is 18.0 Å². The Labute approximate surface area is 172 Å². The molecule has 0 saturated heterocycles. The number of aromatic amines is 1. The van der Waals surface area contributed by atoms with Gasteiger partial charge in [-0.1, -0.05) is 76.6 Å². The third-order valence-corrected chi connectivity index (χ3v) is 4.55. The molecule has 7 heteroatoms. The molecule has 0 atom stereocenters. The number of para-hydroxylation sites is 2. The predicted molar refractivity (Wildman–Crippen MR) is 112 cm³/mol. The second-order valence-electron chi connectivity index (χ2n) is 6.62. The Morgan fingerprint density at radius 2 is 1.40 bits per heavy atom. The van der Waals surface area contributed by atoms with Gasteiger partial charge < -0.3 is 5.32 Å². The molecule has 0 saturated carbocycles. The van der Waals surface area contributed by atoms with Crippen molar-refractivity contribution in [3.05, 3.63) is 113 Å². The number of ketones is 1. The highest BCUT2D eigenvalue weighted by atomic mass is 16.2. The van der Waals surface area contributed by atoms with Crippen LogP contribution in [0.15, 0.2) is 95.8 Å². The Balaban J connectivity index is 1.74. The summed E-state index contributed by atoms with van der Waals surface area (Å²) in [6, 6.07) is 26.4. The number of aromatic nitrogens is 3. The van der Waals surface area contributed by atoms with Gasteiger partial charge >= 0.3 is 17.2 Å². The fraction of sp³-hybridized carbons (Fsp3) is 0.0435. The molecule has 1 aromatic heterocycles. The maximum absolute atomic E-state index is 13.1. The largest absolute Gasteiger partial charge is 0.411 e. The van der Waals surface area contributed by atoms with Crippen LogP contribution in [0.3, 0.4) is 0 Å². The average molecular weight is 399 g/mol. The van der Waals surface area contributed by atoms with Crippen molar-refractivity contribution in [3.63, 3.8) is 0 Å². The molecule has 0 spiro atoms. The third kappa shape index (κ3) is 3.95. The molecule has 148 valence electrons. The highest BCUT2D eigenvalue weighted by molar-refractivity contribution is 6.02. The fourth-order valence-electron chi connectivity index (χ4n) is 3.09. The average Bonchev–Trinajstić information content (AvgIpc) is 3.11. The first-order valence-electron chi connectivity index (χ1n) is 9.38. The number of nitrogens with one attached hydrogen (secondary N) is 2. The monoisotopic (exact) mass is 399 g/mol. The molecule has 3 aromatic carbocycles. The van der Waals surface area contributed by atoms with Crippen LogP contribution in [0.2, 0.25) is 0 Å². The lowest BCUT2D eigenvalue weighted by atomic mass is 10.1. The molecular weight excluding hydrogens is 380 g/mol. The van der Waals surface area contributed by atoms with Gasteiger partial charge in [0.2, 0.25) is 5.78 Å². The van der Waals surface area contributed by atoms with Crippen molar-refractivity contribution >= 4 is 17.4 Å². The van der Waals surface area contributed by atoms with Crippen molar-refractivity contribution in [1.82, 2.24) is 9.90 Å². The number of carbonyl (C=O) groups is 2. The fourth-order valence-corrected chi connectivity index (χ4v) is 3.09. The molecule has 30 heavy (non-hydrogen) atoms. The van der Waals surface area contributed by atoms with Crippen LogP contribution in [0.1, 0.15) is 20.8 Å². The van der Waals surface area contributed by atoms with Crippen LogP contribution in [0.5, 0.6) is 0 Å². The van der Waals surface area contributed by atoms with Gasteiger partial charge in [-0.3, -0.25) is 9.59 Å². The molecule has 0 radical (unpaired) electrons. The van der Waals surface area contributed by atoms with E-state index < -0.39 is 11.5 Å². The summed E-state index contributed by atoms with van der Waals surface area (Å²) in [6.07, 6.45) is 0. The highest BCUT2D eigenvalue weighted by Gasteiger charge is 2.30. The van der Waals surface area contributed by atoms with E-state index in [1.807, 2.05) is 18.2 Å². The standard InChI is InChI=1S/C23H18N4O3/c28-20(17-10-4-1-5-11-17)16-26-21(22(29)24-18-12-6-2-7-13-18)23(30)27(25-26)19-14-8-3-9-15-19/h1-15H,16H2,(H-,24,25,29,30)/p+1. The van der Waals surface area contributed by atoms with Gasteiger partial charge in [0.1, 0.15) is 0 Å². The number of rotatable bonds is 6. The highest BCUT2D eigenvalue weighted by Crippen LogP contribution is 2.07. The molecule has 0 bridgehead atoms. The second kappa shape index (κ2) is 8.40. The van der Waals surface area contributed by atoms with E-state index in [0.717, 1.165) is 0 Å². The van der Waals surface area contributed by atoms with Crippen molar-refractivity contribution in [3.8, 4) is 5.69 Å². The van der Waals surface area contributed by atoms with Crippen molar-refractivity contribution in [2.75, 3.05) is 5.32 Å². The number of carbonyl (C=O) groups excluding carboxylic acids is 2. The molecular formula is C23H19N4O3+. The van der Waals surface area contributed by atoms with Gasteiger partial charge in [-0.2, -0.15) is 0 Å². The molecule has 1 heterocycles. The molecule has 1 amide bonds. The quantitative estimate of drug-likeness (QED) is 0.386. The third-order valence-electron chi connectivity index (χ3n) is 4.55. The minimum Gasteiger partial charge on any atom is -0.319 e. The van der Waals surface area contributed by atoms with Crippen LogP contribution in [-0.2, 0) is 6.54 Å². The van der Waals surface area contributed by atoms with Gasteiger partial charge in [-0.05, 0) is 24.3 Å². The van der Waals surface area contributed by atoms with Crippen molar-refractivity contribution in [2.45, 2.75) is 6.54 Å². The van der Waals surface area contributed by atoms with E-state index >= 15 is 0 Å². The number of hydrogen-bond acceptors (Lipinski definition) is 3. The van der Waals surface area contributed by atoms with E-state index in [1.165, 1.54) is 9.36 Å². The maximum Gasteiger partial charge on any atom is 0.411 e. The summed E-state index contributed by atoms with van der Waals surface area (Å²) in [5.74, 6) is -0.825. The number of benzene rings is 3. The summed E-state index contributed by atoms with van der Waals surface area (Å²) in [7, 11) is 0. The van der Waals surface area contributed by atoms with E-state index in [1.54, 1.807) is 72.8 Å². The topological polar surface area (TPSA) is 87.8 Å². The number of anilines is 1. The SMILES string of the molecule is O=C(C[n+]1[nH]n(-c2ccccc2)c(=O)c1C(=O)Nc1ccccc1)c1ccccc1. The van der Waals surface area contributed by atoms with Crippen LogP contribution < -0.4 is 15.6 Å². The summed E-state index contributed by atoms with van der Waals surface area (Å²) in [6.45, 7) is -0.184. The van der Waals surface area contributed by atoms with Crippen LogP contribution in [0, 0.1) is 0 Å². The van der Waals surface area contributed by atoms with Gasteiger partial charge in [0.05, 0.1) is 0 Å². The first-order valence-corrected chi connectivity index (χ1v) is 9.38. The zero-order valence-corrected chi connectivity index (χ0v) is 16.0. The summed E-state index contributed by atoms with van der Waals surface area (Å²) < 4.78 is 2.53.